The molecule has 0 spiro atoms. The molecule has 8 heteroatoms. The van der Waals surface area contributed by atoms with E-state index < -0.39 is 0 Å². The van der Waals surface area contributed by atoms with Gasteiger partial charge in [-0.1, -0.05) is 52.8 Å². The Hall–Kier alpha value is -2.45. The third-order valence-electron chi connectivity index (χ3n) is 3.32. The molecule has 0 radical (unpaired) electrons. The lowest BCUT2D eigenvalue weighted by Crippen LogP contribution is -1.84. The van der Waals surface area contributed by atoms with Gasteiger partial charge in [0.15, 0.2) is 5.82 Å². The fourth-order valence-electron chi connectivity index (χ4n) is 2.09. The molecule has 1 aromatic carbocycles. The van der Waals surface area contributed by atoms with Crippen LogP contribution in [0.2, 0.25) is 0 Å². The molecule has 0 amide bonds. The molecule has 4 rings (SSSR count). The number of aryl methyl sites for hydroxylation is 1. The second kappa shape index (κ2) is 6.58. The van der Waals surface area contributed by atoms with Crippen molar-refractivity contribution in [3.8, 4) is 22.1 Å². The third kappa shape index (κ3) is 3.24. The van der Waals surface area contributed by atoms with Crippen LogP contribution in [0.4, 0.5) is 0 Å². The molecule has 0 saturated heterocycles. The van der Waals surface area contributed by atoms with Gasteiger partial charge >= 0.3 is 0 Å². The van der Waals surface area contributed by atoms with Crippen LogP contribution >= 0.6 is 23.1 Å². The van der Waals surface area contributed by atoms with Crippen molar-refractivity contribution >= 4 is 23.1 Å². The number of hydrogen-bond donors (Lipinski definition) is 1. The fraction of sp³-hybridized carbons (Fsp3) is 0.125. The number of thiophene rings is 1. The zero-order chi connectivity index (χ0) is 16.4. The van der Waals surface area contributed by atoms with E-state index in [1.165, 1.54) is 17.3 Å². The molecule has 0 bridgehead atoms. The third-order valence-corrected chi connectivity index (χ3v) is 5.03. The monoisotopic (exact) mass is 355 g/mol. The van der Waals surface area contributed by atoms with Crippen molar-refractivity contribution in [2.45, 2.75) is 17.8 Å². The fourth-order valence-corrected chi connectivity index (χ4v) is 3.39. The van der Waals surface area contributed by atoms with Gasteiger partial charge in [-0.2, -0.15) is 4.98 Å². The Kier molecular flexibility index (Phi) is 4.14. The van der Waals surface area contributed by atoms with Crippen molar-refractivity contribution < 1.29 is 4.52 Å². The summed E-state index contributed by atoms with van der Waals surface area (Å²) in [6.07, 6.45) is 0. The molecule has 1 N–H and O–H groups in total. The molecule has 24 heavy (non-hydrogen) atoms. The van der Waals surface area contributed by atoms with Crippen LogP contribution in [-0.2, 0) is 5.75 Å². The average Bonchev–Trinajstić information content (AvgIpc) is 3.34. The summed E-state index contributed by atoms with van der Waals surface area (Å²) in [6, 6.07) is 12.0. The summed E-state index contributed by atoms with van der Waals surface area (Å²) in [4.78, 5) is 9.94. The molecule has 0 fully saturated rings. The molecule has 3 aromatic heterocycles. The molecule has 0 aliphatic carbocycles. The zero-order valence-electron chi connectivity index (χ0n) is 12.8. The normalized spacial score (nSPS) is 11.0. The number of benzene rings is 1. The Balaban J connectivity index is 1.42. The number of H-pyrrole nitrogens is 1. The molecule has 0 aliphatic rings. The van der Waals surface area contributed by atoms with Crippen LogP contribution in [0.3, 0.4) is 0 Å². The molecule has 120 valence electrons. The minimum absolute atomic E-state index is 0.528. The molecule has 0 saturated carbocycles. The topological polar surface area (TPSA) is 80.5 Å². The molecule has 3 heterocycles. The molecule has 0 unspecified atom stereocenters. The van der Waals surface area contributed by atoms with Gasteiger partial charge in [0.1, 0.15) is 0 Å². The first-order chi connectivity index (χ1) is 11.8. The largest absolute Gasteiger partial charge is 0.338 e. The SMILES string of the molecule is Cc1ccc(-c2noc(CSc3n[nH]c(-c4cccs4)n3)n2)cc1. The lowest BCUT2D eigenvalue weighted by molar-refractivity contribution is 0.391. The van der Waals surface area contributed by atoms with Gasteiger partial charge < -0.3 is 4.52 Å². The summed E-state index contributed by atoms with van der Waals surface area (Å²) in [5.41, 5.74) is 2.14. The zero-order valence-corrected chi connectivity index (χ0v) is 14.4. The Bertz CT molecular complexity index is 928. The van der Waals surface area contributed by atoms with E-state index in [1.54, 1.807) is 11.3 Å². The first kappa shape index (κ1) is 15.1. The standard InChI is InChI=1S/C16H13N5OS2/c1-10-4-6-11(7-5-10)14-17-13(22-21-14)9-24-16-18-15(19-20-16)12-3-2-8-23-12/h2-8H,9H2,1H3,(H,18,19,20). The van der Waals surface area contributed by atoms with Crippen molar-refractivity contribution in [1.29, 1.82) is 0 Å². The quantitative estimate of drug-likeness (QED) is 0.541. The summed E-state index contributed by atoms with van der Waals surface area (Å²) in [6.45, 7) is 2.05. The predicted molar refractivity (Wildman–Crippen MR) is 93.7 cm³/mol. The first-order valence-corrected chi connectivity index (χ1v) is 9.13. The maximum Gasteiger partial charge on any atom is 0.237 e. The highest BCUT2D eigenvalue weighted by molar-refractivity contribution is 7.98. The summed E-state index contributed by atoms with van der Waals surface area (Å²) in [5.74, 6) is 2.46. The number of nitrogens with zero attached hydrogens (tertiary/aromatic N) is 4. The Morgan fingerprint density at radius 2 is 2.04 bits per heavy atom. The van der Waals surface area contributed by atoms with Gasteiger partial charge in [0.05, 0.1) is 10.6 Å². The van der Waals surface area contributed by atoms with Crippen LogP contribution < -0.4 is 0 Å². The van der Waals surface area contributed by atoms with Crippen molar-refractivity contribution in [2.75, 3.05) is 0 Å². The van der Waals surface area contributed by atoms with E-state index in [4.69, 9.17) is 4.52 Å². The second-order valence-corrected chi connectivity index (χ2v) is 7.00. The van der Waals surface area contributed by atoms with Crippen LogP contribution in [0.1, 0.15) is 11.5 Å². The molecule has 6 nitrogen and oxygen atoms in total. The Morgan fingerprint density at radius 3 is 2.83 bits per heavy atom. The molecule has 0 aliphatic heterocycles. The number of aromatic amines is 1. The van der Waals surface area contributed by atoms with Crippen LogP contribution in [-0.4, -0.2) is 25.3 Å². The smallest absolute Gasteiger partial charge is 0.237 e. The van der Waals surface area contributed by atoms with Crippen molar-refractivity contribution in [2.24, 2.45) is 0 Å². The summed E-state index contributed by atoms with van der Waals surface area (Å²) in [5, 5.41) is 13.8. The Labute approximate surface area is 146 Å². The predicted octanol–water partition coefficient (Wildman–Crippen LogP) is 4.18. The number of hydrogen-bond acceptors (Lipinski definition) is 7. The average molecular weight is 355 g/mol. The van der Waals surface area contributed by atoms with Gasteiger partial charge in [0, 0.05) is 5.56 Å². The van der Waals surface area contributed by atoms with Crippen LogP contribution in [0.15, 0.2) is 51.5 Å². The van der Waals surface area contributed by atoms with Gasteiger partial charge in [-0.25, -0.2) is 4.98 Å². The molecule has 0 atom stereocenters. The van der Waals surface area contributed by atoms with Crippen molar-refractivity contribution in [1.82, 2.24) is 25.3 Å². The van der Waals surface area contributed by atoms with Crippen LogP contribution in [0, 0.1) is 6.92 Å². The lowest BCUT2D eigenvalue weighted by atomic mass is 10.1. The van der Waals surface area contributed by atoms with Gasteiger partial charge in [-0.05, 0) is 18.4 Å². The van der Waals surface area contributed by atoms with Crippen LogP contribution in [0.25, 0.3) is 22.1 Å². The summed E-state index contributed by atoms with van der Waals surface area (Å²) >= 11 is 3.08. The van der Waals surface area contributed by atoms with Gasteiger partial charge in [-0.15, -0.1) is 16.4 Å². The summed E-state index contributed by atoms with van der Waals surface area (Å²) < 4.78 is 5.30. The van der Waals surface area contributed by atoms with E-state index in [0.29, 0.717) is 22.6 Å². The molecular formula is C16H13N5OS2. The molecule has 4 aromatic rings. The minimum atomic E-state index is 0.528. The minimum Gasteiger partial charge on any atom is -0.338 e. The van der Waals surface area contributed by atoms with E-state index in [9.17, 15) is 0 Å². The highest BCUT2D eigenvalue weighted by atomic mass is 32.2. The van der Waals surface area contributed by atoms with Gasteiger partial charge in [0.2, 0.25) is 16.9 Å². The number of rotatable bonds is 5. The van der Waals surface area contributed by atoms with Crippen molar-refractivity contribution in [3.63, 3.8) is 0 Å². The maximum absolute atomic E-state index is 5.30. The number of nitrogens with one attached hydrogen (secondary N) is 1. The molecular weight excluding hydrogens is 342 g/mol. The maximum atomic E-state index is 5.30. The summed E-state index contributed by atoms with van der Waals surface area (Å²) in [7, 11) is 0. The second-order valence-electron chi connectivity index (χ2n) is 5.11. The van der Waals surface area contributed by atoms with E-state index in [-0.39, 0.29) is 0 Å². The highest BCUT2D eigenvalue weighted by Crippen LogP contribution is 2.25. The van der Waals surface area contributed by atoms with E-state index in [0.717, 1.165) is 16.3 Å². The van der Waals surface area contributed by atoms with Crippen LogP contribution in [0.5, 0.6) is 0 Å². The first-order valence-electron chi connectivity index (χ1n) is 7.26. The number of aromatic nitrogens is 5. The van der Waals surface area contributed by atoms with Gasteiger partial charge in [0.25, 0.3) is 0 Å². The van der Waals surface area contributed by atoms with E-state index in [1.807, 2.05) is 48.7 Å². The van der Waals surface area contributed by atoms with E-state index >= 15 is 0 Å². The number of thioether (sulfide) groups is 1. The van der Waals surface area contributed by atoms with E-state index in [2.05, 4.69) is 25.3 Å². The highest BCUT2D eigenvalue weighted by Gasteiger charge is 2.11. The lowest BCUT2D eigenvalue weighted by Gasteiger charge is -1.94. The Morgan fingerprint density at radius 1 is 1.17 bits per heavy atom. The van der Waals surface area contributed by atoms with Gasteiger partial charge in [-0.3, -0.25) is 5.10 Å². The van der Waals surface area contributed by atoms with Crippen molar-refractivity contribution in [3.05, 3.63) is 53.2 Å².